The number of nitrogens with zero attached hydrogens (tertiary/aromatic N) is 1. The first-order valence-electron chi connectivity index (χ1n) is 7.59. The predicted octanol–water partition coefficient (Wildman–Crippen LogP) is 4.58. The zero-order valence-electron chi connectivity index (χ0n) is 12.4. The van der Waals surface area contributed by atoms with Crippen LogP contribution in [0.5, 0.6) is 5.75 Å². The van der Waals surface area contributed by atoms with E-state index in [9.17, 15) is 0 Å². The molecule has 1 fully saturated rings. The third-order valence-electron chi connectivity index (χ3n) is 4.68. The summed E-state index contributed by atoms with van der Waals surface area (Å²) in [6.07, 6.45) is 2.26. The van der Waals surface area contributed by atoms with Crippen LogP contribution in [-0.2, 0) is 0 Å². The van der Waals surface area contributed by atoms with Gasteiger partial charge in [0, 0.05) is 28.9 Å². The molecule has 0 bridgehead atoms. The number of nitrogens with two attached hydrogens (primary N) is 1. The highest BCUT2D eigenvalue weighted by molar-refractivity contribution is 7.19. The van der Waals surface area contributed by atoms with Gasteiger partial charge < -0.3 is 4.74 Å². The van der Waals surface area contributed by atoms with Gasteiger partial charge in [0.2, 0.25) is 0 Å². The van der Waals surface area contributed by atoms with Crippen LogP contribution >= 0.6 is 34.5 Å². The SMILES string of the molecule is Cc1cc2c(Cl)c3c(c(Cl)c2s1)[C@H]1CC1CCN(N)CCO3. The molecule has 1 unspecified atom stereocenters. The number of thiophene rings is 1. The molecule has 2 aliphatic rings. The molecule has 2 N–H and O–H groups in total. The Kier molecular flexibility index (Phi) is 3.78. The molecule has 2 heterocycles. The number of rotatable bonds is 0. The Balaban J connectivity index is 1.89. The van der Waals surface area contributed by atoms with Crippen molar-refractivity contribution < 1.29 is 4.74 Å². The van der Waals surface area contributed by atoms with Crippen LogP contribution < -0.4 is 10.6 Å². The summed E-state index contributed by atoms with van der Waals surface area (Å²) in [5.41, 5.74) is 1.12. The second-order valence-corrected chi connectivity index (χ2v) is 8.26. The maximum atomic E-state index is 6.75. The number of benzene rings is 1. The van der Waals surface area contributed by atoms with E-state index in [0.29, 0.717) is 30.0 Å². The van der Waals surface area contributed by atoms with Gasteiger partial charge in [-0.25, -0.2) is 5.01 Å². The monoisotopic (exact) mass is 356 g/mol. The highest BCUT2D eigenvalue weighted by Crippen LogP contribution is 2.58. The van der Waals surface area contributed by atoms with Crippen LogP contribution in [0, 0.1) is 12.8 Å². The molecule has 1 aromatic heterocycles. The molecule has 0 amide bonds. The Hall–Kier alpha value is -0.520. The number of hydrazine groups is 1. The first-order chi connectivity index (χ1) is 10.6. The zero-order valence-corrected chi connectivity index (χ0v) is 14.7. The molecule has 1 aromatic carbocycles. The topological polar surface area (TPSA) is 38.5 Å². The Morgan fingerprint density at radius 2 is 2.14 bits per heavy atom. The standard InChI is InChI=1S/C16H18Cl2N2OS/c1-8-6-11-13(17)15-12(14(18)16(11)22-8)10-7-9(10)2-3-20(19)4-5-21-15/h6,9-10H,2-5,7,19H2,1H3/t9?,10-/m0/s1. The highest BCUT2D eigenvalue weighted by Gasteiger charge is 2.42. The van der Waals surface area contributed by atoms with Crippen molar-refractivity contribution in [3.63, 3.8) is 0 Å². The molecule has 2 aromatic rings. The third kappa shape index (κ3) is 2.42. The van der Waals surface area contributed by atoms with Crippen LogP contribution in [0.4, 0.5) is 0 Å². The number of hydrogen-bond donors (Lipinski definition) is 1. The van der Waals surface area contributed by atoms with Gasteiger partial charge in [0.25, 0.3) is 0 Å². The van der Waals surface area contributed by atoms with Crippen molar-refractivity contribution in [2.45, 2.75) is 25.7 Å². The van der Waals surface area contributed by atoms with Crippen molar-refractivity contribution in [2.24, 2.45) is 11.8 Å². The highest BCUT2D eigenvalue weighted by atomic mass is 35.5. The maximum absolute atomic E-state index is 6.75. The Labute approximate surface area is 143 Å². The average Bonchev–Trinajstić information content (AvgIpc) is 3.14. The summed E-state index contributed by atoms with van der Waals surface area (Å²) in [5.74, 6) is 7.86. The van der Waals surface area contributed by atoms with Crippen molar-refractivity contribution >= 4 is 44.6 Å². The summed E-state index contributed by atoms with van der Waals surface area (Å²) >= 11 is 15.1. The van der Waals surface area contributed by atoms with E-state index in [-0.39, 0.29) is 0 Å². The molecular formula is C16H18Cl2N2OS. The lowest BCUT2D eigenvalue weighted by molar-refractivity contribution is 0.203. The van der Waals surface area contributed by atoms with Gasteiger partial charge in [-0.05, 0) is 37.7 Å². The van der Waals surface area contributed by atoms with E-state index in [2.05, 4.69) is 13.0 Å². The summed E-state index contributed by atoms with van der Waals surface area (Å²) in [5, 5.41) is 4.38. The van der Waals surface area contributed by atoms with Crippen LogP contribution in [0.25, 0.3) is 10.1 Å². The minimum Gasteiger partial charge on any atom is -0.490 e. The van der Waals surface area contributed by atoms with E-state index < -0.39 is 0 Å². The third-order valence-corrected chi connectivity index (χ3v) is 6.62. The van der Waals surface area contributed by atoms with Gasteiger partial charge in [-0.3, -0.25) is 5.84 Å². The number of aryl methyl sites for hydroxylation is 1. The first kappa shape index (κ1) is 15.0. The van der Waals surface area contributed by atoms with Gasteiger partial charge in [-0.15, -0.1) is 11.3 Å². The minimum absolute atomic E-state index is 0.457. The Morgan fingerprint density at radius 3 is 2.95 bits per heavy atom. The maximum Gasteiger partial charge on any atom is 0.143 e. The number of fused-ring (bicyclic) bond motifs is 4. The van der Waals surface area contributed by atoms with E-state index in [1.54, 1.807) is 11.3 Å². The fraction of sp³-hybridized carbons (Fsp3) is 0.500. The number of halogens is 2. The fourth-order valence-corrected chi connectivity index (χ4v) is 5.18. The molecule has 1 saturated carbocycles. The zero-order chi connectivity index (χ0) is 15.4. The summed E-state index contributed by atoms with van der Waals surface area (Å²) in [6, 6.07) is 2.09. The molecule has 6 heteroatoms. The molecule has 3 nitrogen and oxygen atoms in total. The number of hydrogen-bond acceptors (Lipinski definition) is 4. The number of ether oxygens (including phenoxy) is 1. The van der Waals surface area contributed by atoms with Crippen LogP contribution in [0.3, 0.4) is 0 Å². The minimum atomic E-state index is 0.457. The molecule has 118 valence electrons. The quantitative estimate of drug-likeness (QED) is 0.702. The summed E-state index contributed by atoms with van der Waals surface area (Å²) < 4.78 is 7.12. The van der Waals surface area contributed by atoms with Gasteiger partial charge in [0.15, 0.2) is 0 Å². The Bertz CT molecular complexity index is 746. The van der Waals surface area contributed by atoms with E-state index >= 15 is 0 Å². The van der Waals surface area contributed by atoms with Crippen LogP contribution in [0.15, 0.2) is 6.07 Å². The molecular weight excluding hydrogens is 339 g/mol. The van der Waals surface area contributed by atoms with E-state index in [4.69, 9.17) is 33.8 Å². The predicted molar refractivity (Wildman–Crippen MR) is 93.3 cm³/mol. The Morgan fingerprint density at radius 1 is 1.32 bits per heavy atom. The van der Waals surface area contributed by atoms with Gasteiger partial charge in [-0.1, -0.05) is 23.2 Å². The molecule has 22 heavy (non-hydrogen) atoms. The largest absolute Gasteiger partial charge is 0.490 e. The van der Waals surface area contributed by atoms with Crippen molar-refractivity contribution in [3.05, 3.63) is 26.6 Å². The smallest absolute Gasteiger partial charge is 0.143 e. The van der Waals surface area contributed by atoms with Crippen molar-refractivity contribution in [1.82, 2.24) is 5.01 Å². The van der Waals surface area contributed by atoms with E-state index in [0.717, 1.165) is 45.8 Å². The molecule has 1 aliphatic heterocycles. The molecule has 0 radical (unpaired) electrons. The van der Waals surface area contributed by atoms with Gasteiger partial charge in [-0.2, -0.15) is 0 Å². The molecule has 2 atom stereocenters. The lowest BCUT2D eigenvalue weighted by atomic mass is 10.0. The average molecular weight is 357 g/mol. The van der Waals surface area contributed by atoms with Crippen molar-refractivity contribution in [3.8, 4) is 5.75 Å². The van der Waals surface area contributed by atoms with Crippen LogP contribution in [0.1, 0.15) is 29.2 Å². The van der Waals surface area contributed by atoms with Gasteiger partial charge >= 0.3 is 0 Å². The second kappa shape index (κ2) is 5.53. The van der Waals surface area contributed by atoms with Gasteiger partial charge in [0.05, 0.1) is 14.7 Å². The molecule has 0 saturated heterocycles. The normalized spacial score (nSPS) is 25.5. The van der Waals surface area contributed by atoms with Crippen molar-refractivity contribution in [1.29, 1.82) is 0 Å². The molecule has 0 spiro atoms. The summed E-state index contributed by atoms with van der Waals surface area (Å²) in [4.78, 5) is 1.21. The lowest BCUT2D eigenvalue weighted by Gasteiger charge is -2.21. The second-order valence-electron chi connectivity index (χ2n) is 6.25. The summed E-state index contributed by atoms with van der Waals surface area (Å²) in [7, 11) is 0. The first-order valence-corrected chi connectivity index (χ1v) is 9.17. The molecule has 4 rings (SSSR count). The van der Waals surface area contributed by atoms with Crippen LogP contribution in [-0.4, -0.2) is 24.7 Å². The lowest BCUT2D eigenvalue weighted by Crippen LogP contribution is -2.36. The van der Waals surface area contributed by atoms with Crippen molar-refractivity contribution in [2.75, 3.05) is 19.7 Å². The van der Waals surface area contributed by atoms with Gasteiger partial charge in [0.1, 0.15) is 12.4 Å². The van der Waals surface area contributed by atoms with E-state index in [1.165, 1.54) is 4.88 Å². The summed E-state index contributed by atoms with van der Waals surface area (Å²) in [6.45, 7) is 4.22. The van der Waals surface area contributed by atoms with E-state index in [1.807, 2.05) is 5.01 Å². The van der Waals surface area contributed by atoms with Crippen LogP contribution in [0.2, 0.25) is 10.0 Å². The fourth-order valence-electron chi connectivity index (χ4n) is 3.40. The molecule has 1 aliphatic carbocycles.